The van der Waals surface area contributed by atoms with Gasteiger partial charge in [0.05, 0.1) is 20.8 Å². The normalized spacial score (nSPS) is 13.7. The Kier molecular flexibility index (Phi) is 8.65. The fourth-order valence-electron chi connectivity index (χ4n) is 3.60. The Bertz CT molecular complexity index is 1100. The van der Waals surface area contributed by atoms with Gasteiger partial charge in [0, 0.05) is 30.8 Å². The van der Waals surface area contributed by atoms with Crippen LogP contribution >= 0.6 is 7.37 Å². The van der Waals surface area contributed by atoms with E-state index in [0.717, 1.165) is 16.9 Å². The fraction of sp³-hybridized carbons (Fsp3) is 0.333. The Hall–Kier alpha value is -2.95. The molecule has 2 atom stereocenters. The first kappa shape index (κ1) is 25.7. The minimum absolute atomic E-state index is 0.220. The van der Waals surface area contributed by atoms with Crippen molar-refractivity contribution in [1.29, 1.82) is 0 Å². The van der Waals surface area contributed by atoms with E-state index in [1.54, 1.807) is 14.2 Å². The topological polar surface area (TPSA) is 60.0 Å². The van der Waals surface area contributed by atoms with Gasteiger partial charge in [-0.25, -0.2) is 0 Å². The molecule has 34 heavy (non-hydrogen) atoms. The highest BCUT2D eigenvalue weighted by Crippen LogP contribution is 2.59. The second-order valence-electron chi connectivity index (χ2n) is 8.72. The van der Waals surface area contributed by atoms with Crippen LogP contribution in [0.5, 0.6) is 11.5 Å². The van der Waals surface area contributed by atoms with Crippen LogP contribution in [0.4, 0.5) is 11.4 Å². The molecule has 182 valence electrons. The maximum Gasteiger partial charge on any atom is 0.258 e. The lowest BCUT2D eigenvalue weighted by Gasteiger charge is -2.31. The standard InChI is InChI=1S/C27H35N2O4P/c1-20(2)19-33-34(30,24-15-13-23(14-16-24)29(3)4)27(28-22-10-8-7-9-11-22)21-12-17-25(31-5)26(18-21)32-6/h7-18,20,27-28H,19H2,1-6H3/t27-,34+/m1/s1. The largest absolute Gasteiger partial charge is 0.493 e. The van der Waals surface area contributed by atoms with E-state index in [0.29, 0.717) is 23.4 Å². The Morgan fingerprint density at radius 3 is 2.09 bits per heavy atom. The van der Waals surface area contributed by atoms with E-state index in [4.69, 9.17) is 14.0 Å². The minimum atomic E-state index is -3.45. The lowest BCUT2D eigenvalue weighted by Crippen LogP contribution is -2.22. The molecule has 0 saturated heterocycles. The number of ether oxygens (including phenoxy) is 2. The molecule has 3 aromatic rings. The summed E-state index contributed by atoms with van der Waals surface area (Å²) in [7, 11) is 3.70. The molecule has 0 fully saturated rings. The molecule has 1 N–H and O–H groups in total. The summed E-state index contributed by atoms with van der Waals surface area (Å²) in [6.07, 6.45) is 0. The van der Waals surface area contributed by atoms with Crippen molar-refractivity contribution in [3.05, 3.63) is 78.4 Å². The Morgan fingerprint density at radius 1 is 0.882 bits per heavy atom. The molecule has 0 saturated carbocycles. The smallest absolute Gasteiger partial charge is 0.258 e. The van der Waals surface area contributed by atoms with Crippen LogP contribution in [0.15, 0.2) is 72.8 Å². The Labute approximate surface area is 203 Å². The van der Waals surface area contributed by atoms with Gasteiger partial charge in [0.15, 0.2) is 11.5 Å². The van der Waals surface area contributed by atoms with Gasteiger partial charge in [-0.15, -0.1) is 0 Å². The highest BCUT2D eigenvalue weighted by molar-refractivity contribution is 7.67. The number of hydrogen-bond donors (Lipinski definition) is 1. The molecular formula is C27H35N2O4P. The van der Waals surface area contributed by atoms with Crippen molar-refractivity contribution in [2.45, 2.75) is 19.6 Å². The first-order valence-electron chi connectivity index (χ1n) is 11.3. The van der Waals surface area contributed by atoms with Crippen LogP contribution in [0.25, 0.3) is 0 Å². The third-order valence-corrected chi connectivity index (χ3v) is 8.12. The molecule has 3 aromatic carbocycles. The second-order valence-corrected chi connectivity index (χ2v) is 11.2. The van der Waals surface area contributed by atoms with E-state index in [2.05, 4.69) is 19.2 Å². The lowest BCUT2D eigenvalue weighted by molar-refractivity contribution is 0.272. The zero-order chi connectivity index (χ0) is 24.7. The highest BCUT2D eigenvalue weighted by atomic mass is 31.2. The summed E-state index contributed by atoms with van der Waals surface area (Å²) in [4.78, 5) is 2.01. The van der Waals surface area contributed by atoms with Gasteiger partial charge in [-0.05, 0) is 60.0 Å². The van der Waals surface area contributed by atoms with Gasteiger partial charge in [-0.3, -0.25) is 4.57 Å². The van der Waals surface area contributed by atoms with Gasteiger partial charge >= 0.3 is 0 Å². The average Bonchev–Trinajstić information content (AvgIpc) is 2.86. The number of anilines is 2. The predicted octanol–water partition coefficient (Wildman–Crippen LogP) is 6.16. The summed E-state index contributed by atoms with van der Waals surface area (Å²) in [5.41, 5.74) is 2.66. The minimum Gasteiger partial charge on any atom is -0.493 e. The molecule has 0 spiro atoms. The van der Waals surface area contributed by atoms with Gasteiger partial charge in [-0.2, -0.15) is 0 Å². The van der Waals surface area contributed by atoms with Crippen molar-refractivity contribution in [1.82, 2.24) is 0 Å². The van der Waals surface area contributed by atoms with Crippen molar-refractivity contribution >= 4 is 24.0 Å². The molecule has 0 bridgehead atoms. The third-order valence-electron chi connectivity index (χ3n) is 5.47. The van der Waals surface area contributed by atoms with E-state index >= 15 is 0 Å². The molecule has 0 aromatic heterocycles. The summed E-state index contributed by atoms with van der Waals surface area (Å²) < 4.78 is 32.2. The van der Waals surface area contributed by atoms with Crippen LogP contribution in [0, 0.1) is 5.92 Å². The first-order valence-corrected chi connectivity index (χ1v) is 13.0. The van der Waals surface area contributed by atoms with E-state index < -0.39 is 13.2 Å². The highest BCUT2D eigenvalue weighted by Gasteiger charge is 2.38. The fourth-order valence-corrected chi connectivity index (χ4v) is 6.15. The molecule has 0 aliphatic rings. The van der Waals surface area contributed by atoms with Crippen molar-refractivity contribution < 1.29 is 18.6 Å². The monoisotopic (exact) mass is 482 g/mol. The first-order chi connectivity index (χ1) is 16.3. The van der Waals surface area contributed by atoms with Gasteiger partial charge < -0.3 is 24.2 Å². The summed E-state index contributed by atoms with van der Waals surface area (Å²) in [5.74, 6) is 0.756. The molecule has 0 heterocycles. The summed E-state index contributed by atoms with van der Waals surface area (Å²) in [6, 6.07) is 23.1. The van der Waals surface area contributed by atoms with Crippen LogP contribution < -0.4 is 25.0 Å². The van der Waals surface area contributed by atoms with Crippen LogP contribution in [-0.2, 0) is 9.09 Å². The quantitative estimate of drug-likeness (QED) is 0.331. The van der Waals surface area contributed by atoms with Crippen molar-refractivity contribution in [3.8, 4) is 11.5 Å². The summed E-state index contributed by atoms with van der Waals surface area (Å²) in [5, 5.41) is 4.14. The van der Waals surface area contributed by atoms with E-state index in [1.807, 2.05) is 91.8 Å². The molecule has 0 aliphatic carbocycles. The molecule has 0 aliphatic heterocycles. The molecule has 6 nitrogen and oxygen atoms in total. The zero-order valence-corrected chi connectivity index (χ0v) is 21.7. The van der Waals surface area contributed by atoms with E-state index in [1.165, 1.54) is 0 Å². The molecule has 7 heteroatoms. The molecule has 3 rings (SSSR count). The molecule has 0 radical (unpaired) electrons. The summed E-state index contributed by atoms with van der Waals surface area (Å²) in [6.45, 7) is 4.47. The van der Waals surface area contributed by atoms with Gasteiger partial charge in [0.2, 0.25) is 0 Å². The predicted molar refractivity (Wildman–Crippen MR) is 141 cm³/mol. The SMILES string of the molecule is COc1ccc([C@H](Nc2ccccc2)[P@@](=O)(OCC(C)C)c2ccc(N(C)C)cc2)cc1OC. The number of nitrogens with one attached hydrogen (secondary N) is 1. The van der Waals surface area contributed by atoms with Crippen LogP contribution in [0.2, 0.25) is 0 Å². The number of hydrogen-bond acceptors (Lipinski definition) is 6. The van der Waals surface area contributed by atoms with Crippen molar-refractivity contribution in [3.63, 3.8) is 0 Å². The molecule has 0 amide bonds. The lowest BCUT2D eigenvalue weighted by atomic mass is 10.2. The number of methoxy groups -OCH3 is 2. The van der Waals surface area contributed by atoms with Crippen LogP contribution in [0.3, 0.4) is 0 Å². The Balaban J connectivity index is 2.17. The molecule has 0 unspecified atom stereocenters. The third kappa shape index (κ3) is 5.94. The van der Waals surface area contributed by atoms with Crippen molar-refractivity contribution in [2.75, 3.05) is 45.1 Å². The van der Waals surface area contributed by atoms with Gasteiger partial charge in [0.1, 0.15) is 5.78 Å². The maximum absolute atomic E-state index is 14.9. The van der Waals surface area contributed by atoms with Crippen molar-refractivity contribution in [2.24, 2.45) is 5.92 Å². The van der Waals surface area contributed by atoms with E-state index in [-0.39, 0.29) is 5.92 Å². The number of benzene rings is 3. The maximum atomic E-state index is 14.9. The van der Waals surface area contributed by atoms with Gasteiger partial charge in [-0.1, -0.05) is 38.1 Å². The average molecular weight is 483 g/mol. The number of rotatable bonds is 11. The molecular weight excluding hydrogens is 447 g/mol. The summed E-state index contributed by atoms with van der Waals surface area (Å²) >= 11 is 0. The number of nitrogens with zero attached hydrogens (tertiary/aromatic N) is 1. The van der Waals surface area contributed by atoms with Crippen LogP contribution in [0.1, 0.15) is 25.2 Å². The van der Waals surface area contributed by atoms with E-state index in [9.17, 15) is 4.57 Å². The zero-order valence-electron chi connectivity index (χ0n) is 20.8. The van der Waals surface area contributed by atoms with Gasteiger partial charge in [0.25, 0.3) is 7.37 Å². The Morgan fingerprint density at radius 2 is 1.53 bits per heavy atom. The second kappa shape index (κ2) is 11.5. The van der Waals surface area contributed by atoms with Crippen LogP contribution in [-0.4, -0.2) is 34.9 Å². The number of para-hydroxylation sites is 1.